The molecule has 0 aliphatic carbocycles. The predicted octanol–water partition coefficient (Wildman–Crippen LogP) is 3.59. The summed E-state index contributed by atoms with van der Waals surface area (Å²) >= 11 is 1.44. The number of amides is 1. The Morgan fingerprint density at radius 1 is 1.17 bits per heavy atom. The Labute approximate surface area is 177 Å². The fourth-order valence-corrected chi connectivity index (χ4v) is 3.73. The number of thiophene rings is 1. The summed E-state index contributed by atoms with van der Waals surface area (Å²) in [6.07, 6.45) is 5.15. The van der Waals surface area contributed by atoms with Crippen molar-refractivity contribution in [1.29, 1.82) is 0 Å². The Bertz CT molecular complexity index is 1150. The SMILES string of the molecule is COc1ccc(CNC(=O)c2nc(NC(C)c3ccncc3)nc3ccsc23)cn1. The molecule has 0 spiro atoms. The molecule has 0 saturated carbocycles. The standard InChI is InChI=1S/C21H20N6O2S/c1-13(15-5-8-22-9-6-15)25-21-26-16-7-10-30-19(16)18(27-21)20(28)24-12-14-3-4-17(29-2)23-11-14/h3-11,13H,12H2,1-2H3,(H,24,28)(H,25,26,27). The van der Waals surface area contributed by atoms with Crippen LogP contribution in [0.4, 0.5) is 5.95 Å². The molecule has 4 aromatic heterocycles. The normalized spacial score (nSPS) is 11.8. The molecule has 0 aromatic carbocycles. The molecule has 1 unspecified atom stereocenters. The summed E-state index contributed by atoms with van der Waals surface area (Å²) < 4.78 is 5.81. The van der Waals surface area contributed by atoms with E-state index < -0.39 is 0 Å². The lowest BCUT2D eigenvalue weighted by atomic mass is 10.1. The molecule has 9 heteroatoms. The maximum Gasteiger partial charge on any atom is 0.271 e. The Morgan fingerprint density at radius 2 is 2.00 bits per heavy atom. The van der Waals surface area contributed by atoms with Crippen LogP contribution in [0, 0.1) is 0 Å². The van der Waals surface area contributed by atoms with Crippen LogP contribution in [0.2, 0.25) is 0 Å². The molecule has 1 amide bonds. The summed E-state index contributed by atoms with van der Waals surface area (Å²) in [7, 11) is 1.56. The van der Waals surface area contributed by atoms with E-state index in [-0.39, 0.29) is 11.9 Å². The highest BCUT2D eigenvalue weighted by Gasteiger charge is 2.17. The molecule has 8 nitrogen and oxygen atoms in total. The number of anilines is 1. The van der Waals surface area contributed by atoms with Crippen LogP contribution >= 0.6 is 11.3 Å². The Kier molecular flexibility index (Phi) is 5.80. The first-order valence-electron chi connectivity index (χ1n) is 9.33. The van der Waals surface area contributed by atoms with Gasteiger partial charge in [0, 0.05) is 31.2 Å². The van der Waals surface area contributed by atoms with Crippen LogP contribution in [-0.2, 0) is 6.54 Å². The topological polar surface area (TPSA) is 102 Å². The largest absolute Gasteiger partial charge is 0.481 e. The van der Waals surface area contributed by atoms with Crippen molar-refractivity contribution in [2.24, 2.45) is 0 Å². The maximum absolute atomic E-state index is 12.9. The van der Waals surface area contributed by atoms with Gasteiger partial charge in [-0.1, -0.05) is 6.07 Å². The van der Waals surface area contributed by atoms with E-state index in [1.807, 2.05) is 36.6 Å². The van der Waals surface area contributed by atoms with Gasteiger partial charge in [0.05, 0.1) is 23.4 Å². The van der Waals surface area contributed by atoms with Gasteiger partial charge < -0.3 is 15.4 Å². The fourth-order valence-electron chi connectivity index (χ4n) is 2.91. The van der Waals surface area contributed by atoms with E-state index in [9.17, 15) is 4.79 Å². The first kappa shape index (κ1) is 19.7. The molecule has 152 valence electrons. The lowest BCUT2D eigenvalue weighted by Crippen LogP contribution is -2.24. The van der Waals surface area contributed by atoms with Gasteiger partial charge in [-0.15, -0.1) is 11.3 Å². The molecule has 0 aliphatic heterocycles. The number of hydrogen-bond acceptors (Lipinski definition) is 8. The summed E-state index contributed by atoms with van der Waals surface area (Å²) in [6.45, 7) is 2.34. The van der Waals surface area contributed by atoms with Crippen molar-refractivity contribution in [3.05, 3.63) is 71.1 Å². The zero-order valence-corrected chi connectivity index (χ0v) is 17.3. The third-order valence-electron chi connectivity index (χ3n) is 4.53. The number of ether oxygens (including phenoxy) is 1. The number of fused-ring (bicyclic) bond motifs is 1. The van der Waals surface area contributed by atoms with Crippen molar-refractivity contribution in [1.82, 2.24) is 25.3 Å². The van der Waals surface area contributed by atoms with Gasteiger partial charge in [0.25, 0.3) is 5.91 Å². The van der Waals surface area contributed by atoms with E-state index in [2.05, 4.69) is 30.6 Å². The van der Waals surface area contributed by atoms with Crippen molar-refractivity contribution in [3.8, 4) is 5.88 Å². The van der Waals surface area contributed by atoms with Crippen LogP contribution in [0.25, 0.3) is 10.2 Å². The highest BCUT2D eigenvalue weighted by molar-refractivity contribution is 7.17. The fraction of sp³-hybridized carbons (Fsp3) is 0.190. The van der Waals surface area contributed by atoms with Crippen LogP contribution in [0.5, 0.6) is 5.88 Å². The minimum Gasteiger partial charge on any atom is -0.481 e. The van der Waals surface area contributed by atoms with Crippen LogP contribution in [0.3, 0.4) is 0 Å². The second-order valence-electron chi connectivity index (χ2n) is 6.57. The molecular weight excluding hydrogens is 400 g/mol. The number of pyridine rings is 2. The molecule has 4 rings (SSSR count). The Morgan fingerprint density at radius 3 is 2.73 bits per heavy atom. The second kappa shape index (κ2) is 8.83. The zero-order chi connectivity index (χ0) is 20.9. The van der Waals surface area contributed by atoms with E-state index >= 15 is 0 Å². The number of nitrogens with zero attached hydrogens (tertiary/aromatic N) is 4. The molecule has 1 atom stereocenters. The summed E-state index contributed by atoms with van der Waals surface area (Å²) in [5.41, 5.74) is 3.00. The Balaban J connectivity index is 1.53. The van der Waals surface area contributed by atoms with Crippen LogP contribution in [0.1, 0.15) is 34.6 Å². The molecule has 0 fully saturated rings. The summed E-state index contributed by atoms with van der Waals surface area (Å²) in [5, 5.41) is 8.08. The molecule has 4 aromatic rings. The lowest BCUT2D eigenvalue weighted by molar-refractivity contribution is 0.0948. The number of aromatic nitrogens is 4. The number of hydrogen-bond donors (Lipinski definition) is 2. The first-order chi connectivity index (χ1) is 14.6. The highest BCUT2D eigenvalue weighted by Crippen LogP contribution is 2.25. The van der Waals surface area contributed by atoms with E-state index in [1.165, 1.54) is 11.3 Å². The van der Waals surface area contributed by atoms with Crippen molar-refractivity contribution in [2.75, 3.05) is 12.4 Å². The quantitative estimate of drug-likeness (QED) is 0.471. The summed E-state index contributed by atoms with van der Waals surface area (Å²) in [4.78, 5) is 30.1. The van der Waals surface area contributed by atoms with E-state index in [0.29, 0.717) is 24.1 Å². The number of rotatable bonds is 7. The number of methoxy groups -OCH3 is 1. The van der Waals surface area contributed by atoms with E-state index in [0.717, 1.165) is 21.3 Å². The first-order valence-corrected chi connectivity index (χ1v) is 10.2. The minimum atomic E-state index is -0.264. The minimum absolute atomic E-state index is 0.0367. The van der Waals surface area contributed by atoms with Gasteiger partial charge in [0.2, 0.25) is 11.8 Å². The zero-order valence-electron chi connectivity index (χ0n) is 16.5. The van der Waals surface area contributed by atoms with Crippen LogP contribution in [-0.4, -0.2) is 33.0 Å². The third-order valence-corrected chi connectivity index (χ3v) is 5.44. The molecule has 2 N–H and O–H groups in total. The molecular formula is C21H20N6O2S. The monoisotopic (exact) mass is 420 g/mol. The smallest absolute Gasteiger partial charge is 0.271 e. The van der Waals surface area contributed by atoms with Crippen molar-refractivity contribution in [3.63, 3.8) is 0 Å². The van der Waals surface area contributed by atoms with E-state index in [4.69, 9.17) is 4.74 Å². The van der Waals surface area contributed by atoms with Crippen molar-refractivity contribution < 1.29 is 9.53 Å². The second-order valence-corrected chi connectivity index (χ2v) is 7.48. The van der Waals surface area contributed by atoms with Crippen molar-refractivity contribution >= 4 is 33.4 Å². The third kappa shape index (κ3) is 4.36. The van der Waals surface area contributed by atoms with Gasteiger partial charge in [0.1, 0.15) is 0 Å². The van der Waals surface area contributed by atoms with Gasteiger partial charge in [-0.2, -0.15) is 0 Å². The Hall–Kier alpha value is -3.59. The lowest BCUT2D eigenvalue weighted by Gasteiger charge is -2.15. The molecule has 0 aliphatic rings. The maximum atomic E-state index is 12.9. The highest BCUT2D eigenvalue weighted by atomic mass is 32.1. The summed E-state index contributed by atoms with van der Waals surface area (Å²) in [6, 6.07) is 9.32. The number of carbonyl (C=O) groups is 1. The van der Waals surface area contributed by atoms with Crippen LogP contribution in [0.15, 0.2) is 54.3 Å². The molecule has 0 bridgehead atoms. The van der Waals surface area contributed by atoms with Gasteiger partial charge >= 0.3 is 0 Å². The van der Waals surface area contributed by atoms with Gasteiger partial charge in [-0.25, -0.2) is 15.0 Å². The molecule has 30 heavy (non-hydrogen) atoms. The van der Waals surface area contributed by atoms with Crippen LogP contribution < -0.4 is 15.4 Å². The van der Waals surface area contributed by atoms with Gasteiger partial charge in [-0.3, -0.25) is 9.78 Å². The average Bonchev–Trinajstić information content (AvgIpc) is 3.26. The van der Waals surface area contributed by atoms with Gasteiger partial charge in [-0.05, 0) is 41.6 Å². The molecule has 0 radical (unpaired) electrons. The number of carbonyl (C=O) groups excluding carboxylic acids is 1. The van der Waals surface area contributed by atoms with Gasteiger partial charge in [0.15, 0.2) is 5.69 Å². The van der Waals surface area contributed by atoms with E-state index in [1.54, 1.807) is 31.8 Å². The average molecular weight is 420 g/mol. The molecule has 4 heterocycles. The molecule has 0 saturated heterocycles. The van der Waals surface area contributed by atoms with Crippen molar-refractivity contribution in [2.45, 2.75) is 19.5 Å². The predicted molar refractivity (Wildman–Crippen MR) is 116 cm³/mol. The number of nitrogens with one attached hydrogen (secondary N) is 2. The summed E-state index contributed by atoms with van der Waals surface area (Å²) in [5.74, 6) is 0.668.